The smallest absolute Gasteiger partial charge is 0.321 e. The normalized spacial score (nSPS) is 34.3. The second-order valence-corrected chi connectivity index (χ2v) is 6.36. The lowest BCUT2D eigenvalue weighted by atomic mass is 9.89. The van der Waals surface area contributed by atoms with Gasteiger partial charge in [0, 0.05) is 11.6 Å². The third-order valence-electron chi connectivity index (χ3n) is 5.53. The minimum absolute atomic E-state index is 0.100. The lowest BCUT2D eigenvalue weighted by Crippen LogP contribution is -2.53. The summed E-state index contributed by atoms with van der Waals surface area (Å²) in [5.41, 5.74) is 1.32. The molecule has 1 aliphatic heterocycles. The molecular formula is C17H23NO2. The molecule has 3 rings (SSSR count). The largest absolute Gasteiger partial charge is 0.480 e. The van der Waals surface area contributed by atoms with Crippen LogP contribution in [-0.2, 0) is 4.79 Å². The van der Waals surface area contributed by atoms with Crippen molar-refractivity contribution in [2.45, 2.75) is 57.2 Å². The monoisotopic (exact) mass is 273 g/mol. The number of benzene rings is 1. The molecule has 0 unspecified atom stereocenters. The Morgan fingerprint density at radius 3 is 2.75 bits per heavy atom. The number of likely N-dealkylation sites (tertiary alicyclic amines) is 1. The number of hydrogen-bond acceptors (Lipinski definition) is 2. The van der Waals surface area contributed by atoms with Crippen molar-refractivity contribution in [3.63, 3.8) is 0 Å². The number of aliphatic carboxylic acids is 1. The lowest BCUT2D eigenvalue weighted by Gasteiger charge is -2.45. The lowest BCUT2D eigenvalue weighted by molar-refractivity contribution is -0.148. The van der Waals surface area contributed by atoms with E-state index in [-0.39, 0.29) is 17.6 Å². The summed E-state index contributed by atoms with van der Waals surface area (Å²) in [5, 5.41) is 9.67. The van der Waals surface area contributed by atoms with Crippen LogP contribution in [0.2, 0.25) is 0 Å². The van der Waals surface area contributed by atoms with Crippen molar-refractivity contribution in [1.82, 2.24) is 4.90 Å². The third kappa shape index (κ3) is 1.87. The molecule has 20 heavy (non-hydrogen) atoms. The molecule has 2 fully saturated rings. The second-order valence-electron chi connectivity index (χ2n) is 6.36. The van der Waals surface area contributed by atoms with Gasteiger partial charge in [-0.3, -0.25) is 9.69 Å². The molecule has 4 atom stereocenters. The van der Waals surface area contributed by atoms with Gasteiger partial charge in [0.25, 0.3) is 0 Å². The molecule has 3 heteroatoms. The van der Waals surface area contributed by atoms with Gasteiger partial charge in [-0.25, -0.2) is 0 Å². The van der Waals surface area contributed by atoms with Gasteiger partial charge in [-0.15, -0.1) is 0 Å². The maximum absolute atomic E-state index is 11.8. The average molecular weight is 273 g/mol. The first kappa shape index (κ1) is 13.6. The van der Waals surface area contributed by atoms with E-state index < -0.39 is 5.97 Å². The fraction of sp³-hybridized carbons (Fsp3) is 0.588. The molecule has 3 nitrogen and oxygen atoms in total. The highest BCUT2D eigenvalue weighted by Gasteiger charge is 2.58. The van der Waals surface area contributed by atoms with E-state index >= 15 is 0 Å². The quantitative estimate of drug-likeness (QED) is 0.913. The predicted molar refractivity (Wildman–Crippen MR) is 78.5 cm³/mol. The third-order valence-corrected chi connectivity index (χ3v) is 5.53. The summed E-state index contributed by atoms with van der Waals surface area (Å²) in [7, 11) is 0. The van der Waals surface area contributed by atoms with Crippen molar-refractivity contribution in [2.24, 2.45) is 5.92 Å². The van der Waals surface area contributed by atoms with Gasteiger partial charge < -0.3 is 5.11 Å². The summed E-state index contributed by atoms with van der Waals surface area (Å²) in [6.45, 7) is 4.36. The molecule has 0 spiro atoms. The molecule has 1 N–H and O–H groups in total. The predicted octanol–water partition coefficient (Wildman–Crippen LogP) is 3.47. The van der Waals surface area contributed by atoms with Gasteiger partial charge in [0.15, 0.2) is 0 Å². The van der Waals surface area contributed by atoms with E-state index in [1.165, 1.54) is 5.56 Å². The zero-order valence-electron chi connectivity index (χ0n) is 12.2. The number of nitrogens with zero attached hydrogens (tertiary/aromatic N) is 1. The second kappa shape index (κ2) is 4.88. The molecule has 1 heterocycles. The fourth-order valence-electron chi connectivity index (χ4n) is 4.54. The zero-order chi connectivity index (χ0) is 14.3. The maximum Gasteiger partial charge on any atom is 0.321 e. The Morgan fingerprint density at radius 1 is 1.45 bits per heavy atom. The molecule has 1 aromatic rings. The fourth-order valence-corrected chi connectivity index (χ4v) is 4.54. The zero-order valence-corrected chi connectivity index (χ0v) is 12.2. The minimum Gasteiger partial charge on any atom is -0.480 e. The first-order valence-electron chi connectivity index (χ1n) is 7.65. The van der Waals surface area contributed by atoms with E-state index in [1.54, 1.807) is 0 Å². The van der Waals surface area contributed by atoms with Crippen molar-refractivity contribution < 1.29 is 9.90 Å². The van der Waals surface area contributed by atoms with E-state index in [9.17, 15) is 9.90 Å². The van der Waals surface area contributed by atoms with Crippen LogP contribution in [0, 0.1) is 5.92 Å². The van der Waals surface area contributed by atoms with Crippen molar-refractivity contribution in [3.8, 4) is 0 Å². The molecule has 2 aliphatic rings. The Kier molecular flexibility index (Phi) is 3.33. The Balaban J connectivity index is 1.98. The van der Waals surface area contributed by atoms with Crippen LogP contribution in [0.1, 0.15) is 51.1 Å². The van der Waals surface area contributed by atoms with Gasteiger partial charge in [0.2, 0.25) is 0 Å². The molecule has 108 valence electrons. The number of piperidine rings is 1. The van der Waals surface area contributed by atoms with Crippen LogP contribution in [-0.4, -0.2) is 27.6 Å². The number of carbonyl (C=O) groups is 1. The van der Waals surface area contributed by atoms with E-state index in [0.717, 1.165) is 25.7 Å². The number of rotatable bonds is 4. The summed E-state index contributed by atoms with van der Waals surface area (Å²) in [6, 6.07) is 10.2. The summed E-state index contributed by atoms with van der Waals surface area (Å²) in [5.74, 6) is -0.314. The van der Waals surface area contributed by atoms with E-state index in [2.05, 4.69) is 30.9 Å². The summed E-state index contributed by atoms with van der Waals surface area (Å²) >= 11 is 0. The first-order chi connectivity index (χ1) is 9.59. The molecule has 1 saturated heterocycles. The van der Waals surface area contributed by atoms with Crippen LogP contribution in [0.3, 0.4) is 0 Å². The molecule has 0 radical (unpaired) electrons. The number of carboxylic acid groups (broad SMARTS) is 1. The molecule has 0 amide bonds. The van der Waals surface area contributed by atoms with Gasteiger partial charge in [-0.05, 0) is 44.1 Å². The summed E-state index contributed by atoms with van der Waals surface area (Å²) in [4.78, 5) is 14.1. The topological polar surface area (TPSA) is 40.5 Å². The van der Waals surface area contributed by atoms with Crippen molar-refractivity contribution >= 4 is 5.97 Å². The SMILES string of the molecule is CC[C@@]12CC[C@@H](C1)[C@@H](C(=O)O)N2[C@H](C)c1ccccc1. The molecular weight excluding hydrogens is 250 g/mol. The maximum atomic E-state index is 11.8. The van der Waals surface area contributed by atoms with Crippen molar-refractivity contribution in [3.05, 3.63) is 35.9 Å². The highest BCUT2D eigenvalue weighted by atomic mass is 16.4. The summed E-state index contributed by atoms with van der Waals surface area (Å²) in [6.07, 6.45) is 4.32. The van der Waals surface area contributed by atoms with E-state index in [1.807, 2.05) is 18.2 Å². The van der Waals surface area contributed by atoms with E-state index in [4.69, 9.17) is 0 Å². The molecule has 1 saturated carbocycles. The van der Waals surface area contributed by atoms with Gasteiger partial charge >= 0.3 is 5.97 Å². The molecule has 0 aromatic heterocycles. The number of fused-ring (bicyclic) bond motifs is 2. The van der Waals surface area contributed by atoms with Gasteiger partial charge in [-0.1, -0.05) is 37.3 Å². The Hall–Kier alpha value is -1.35. The molecule has 2 bridgehead atoms. The number of carboxylic acids is 1. The highest BCUT2D eigenvalue weighted by Crippen LogP contribution is 2.55. The summed E-state index contributed by atoms with van der Waals surface area (Å²) < 4.78 is 0. The molecule has 1 aromatic carbocycles. The van der Waals surface area contributed by atoms with Crippen molar-refractivity contribution in [1.29, 1.82) is 0 Å². The van der Waals surface area contributed by atoms with Crippen LogP contribution >= 0.6 is 0 Å². The Bertz CT molecular complexity index is 501. The van der Waals surface area contributed by atoms with Crippen LogP contribution < -0.4 is 0 Å². The van der Waals surface area contributed by atoms with Gasteiger partial charge in [0.1, 0.15) is 6.04 Å². The number of hydrogen-bond donors (Lipinski definition) is 1. The minimum atomic E-state index is -0.646. The van der Waals surface area contributed by atoms with Crippen LogP contribution in [0.5, 0.6) is 0 Å². The van der Waals surface area contributed by atoms with E-state index in [0.29, 0.717) is 5.92 Å². The van der Waals surface area contributed by atoms with Crippen LogP contribution in [0.4, 0.5) is 0 Å². The van der Waals surface area contributed by atoms with Gasteiger partial charge in [0.05, 0.1) is 0 Å². The highest BCUT2D eigenvalue weighted by molar-refractivity contribution is 5.75. The first-order valence-corrected chi connectivity index (χ1v) is 7.65. The van der Waals surface area contributed by atoms with Crippen LogP contribution in [0.15, 0.2) is 30.3 Å². The van der Waals surface area contributed by atoms with Crippen molar-refractivity contribution in [2.75, 3.05) is 0 Å². The molecule has 1 aliphatic carbocycles. The standard InChI is InChI=1S/C17H23NO2/c1-3-17-10-9-14(11-17)15(16(19)20)18(17)12(2)13-7-5-4-6-8-13/h4-8,12,14-15H,3,9-11H2,1-2H3,(H,19,20)/t12-,14+,15+,17-/m1/s1. The Morgan fingerprint density at radius 2 is 2.15 bits per heavy atom. The Labute approximate surface area is 120 Å². The van der Waals surface area contributed by atoms with Gasteiger partial charge in [-0.2, -0.15) is 0 Å². The van der Waals surface area contributed by atoms with Crippen LogP contribution in [0.25, 0.3) is 0 Å². The average Bonchev–Trinajstić information content (AvgIpc) is 3.03.